The lowest BCUT2D eigenvalue weighted by molar-refractivity contribution is 0.0600. The summed E-state index contributed by atoms with van der Waals surface area (Å²) < 4.78 is 32.7. The smallest absolute Gasteiger partial charge is 0.337 e. The second kappa shape index (κ2) is 7.54. The summed E-state index contributed by atoms with van der Waals surface area (Å²) >= 11 is 3.20. The molecule has 0 atom stereocenters. The van der Waals surface area contributed by atoms with Gasteiger partial charge >= 0.3 is 5.97 Å². The lowest BCUT2D eigenvalue weighted by Gasteiger charge is -2.31. The van der Waals surface area contributed by atoms with Gasteiger partial charge in [0, 0.05) is 16.6 Å². The zero-order valence-electron chi connectivity index (χ0n) is 12.8. The van der Waals surface area contributed by atoms with Gasteiger partial charge in [-0.2, -0.15) is 0 Å². The standard InChI is InChI=1S/C14H21BrN2O4S/c1-4-14(5-2,9-16)17-22(19,20)12-7-6-10(8-11(12)15)13(18)21-3/h6-8,17H,4-5,9,16H2,1-3H3. The average molecular weight is 393 g/mol. The normalized spacial score (nSPS) is 12.2. The van der Waals surface area contributed by atoms with Gasteiger partial charge in [0.05, 0.1) is 17.6 Å². The zero-order valence-corrected chi connectivity index (χ0v) is 15.3. The molecule has 0 aliphatic heterocycles. The van der Waals surface area contributed by atoms with E-state index >= 15 is 0 Å². The molecule has 22 heavy (non-hydrogen) atoms. The summed E-state index contributed by atoms with van der Waals surface area (Å²) in [5.74, 6) is -0.531. The fourth-order valence-corrected chi connectivity index (χ4v) is 4.66. The van der Waals surface area contributed by atoms with Crippen molar-refractivity contribution in [2.45, 2.75) is 37.1 Å². The van der Waals surface area contributed by atoms with E-state index in [1.54, 1.807) is 0 Å². The van der Waals surface area contributed by atoms with E-state index in [1.165, 1.54) is 25.3 Å². The minimum Gasteiger partial charge on any atom is -0.465 e. The van der Waals surface area contributed by atoms with E-state index in [9.17, 15) is 13.2 Å². The lowest BCUT2D eigenvalue weighted by atomic mass is 9.95. The first-order valence-corrected chi connectivity index (χ1v) is 9.14. The number of rotatable bonds is 7. The summed E-state index contributed by atoms with van der Waals surface area (Å²) in [6.45, 7) is 3.97. The maximum Gasteiger partial charge on any atom is 0.337 e. The SMILES string of the molecule is CCC(CC)(CN)NS(=O)(=O)c1ccc(C(=O)OC)cc1Br. The van der Waals surface area contributed by atoms with Crippen LogP contribution in [0.25, 0.3) is 0 Å². The maximum atomic E-state index is 12.6. The third-order valence-electron chi connectivity index (χ3n) is 3.74. The molecule has 124 valence electrons. The number of nitrogens with one attached hydrogen (secondary N) is 1. The van der Waals surface area contributed by atoms with Crippen molar-refractivity contribution in [1.82, 2.24) is 4.72 Å². The molecule has 8 heteroatoms. The second-order valence-electron chi connectivity index (χ2n) is 4.93. The van der Waals surface area contributed by atoms with E-state index in [2.05, 4.69) is 25.4 Å². The highest BCUT2D eigenvalue weighted by molar-refractivity contribution is 9.10. The van der Waals surface area contributed by atoms with E-state index in [4.69, 9.17) is 5.73 Å². The van der Waals surface area contributed by atoms with E-state index in [-0.39, 0.29) is 17.0 Å². The van der Waals surface area contributed by atoms with E-state index < -0.39 is 21.5 Å². The minimum absolute atomic E-state index is 0.0554. The Kier molecular flexibility index (Phi) is 6.54. The molecular formula is C14H21BrN2O4S. The number of carbonyl (C=O) groups excluding carboxylic acids is 1. The number of esters is 1. The zero-order chi connectivity index (χ0) is 17.0. The van der Waals surface area contributed by atoms with Crippen LogP contribution in [0.4, 0.5) is 0 Å². The molecule has 0 radical (unpaired) electrons. The molecule has 0 bridgehead atoms. The number of methoxy groups -OCH3 is 1. The van der Waals surface area contributed by atoms with Gasteiger partial charge in [-0.3, -0.25) is 0 Å². The van der Waals surface area contributed by atoms with Crippen molar-refractivity contribution < 1.29 is 17.9 Å². The Balaban J connectivity index is 3.21. The molecule has 0 spiro atoms. The van der Waals surface area contributed by atoms with Gasteiger partial charge in [-0.25, -0.2) is 17.9 Å². The maximum absolute atomic E-state index is 12.6. The van der Waals surface area contributed by atoms with E-state index in [0.717, 1.165) is 0 Å². The van der Waals surface area contributed by atoms with Crippen LogP contribution in [0.3, 0.4) is 0 Å². The number of sulfonamides is 1. The van der Waals surface area contributed by atoms with Crippen molar-refractivity contribution in [3.8, 4) is 0 Å². The quantitative estimate of drug-likeness (QED) is 0.691. The molecule has 0 fully saturated rings. The second-order valence-corrected chi connectivity index (χ2v) is 7.44. The van der Waals surface area contributed by atoms with Crippen LogP contribution < -0.4 is 10.5 Å². The summed E-state index contributed by atoms with van der Waals surface area (Å²) in [6, 6.07) is 4.20. The minimum atomic E-state index is -3.76. The Labute approximate surface area is 139 Å². The molecule has 0 saturated carbocycles. The van der Waals surface area contributed by atoms with Crippen LogP contribution in [0.1, 0.15) is 37.0 Å². The molecule has 0 heterocycles. The summed E-state index contributed by atoms with van der Waals surface area (Å²) in [7, 11) is -2.50. The third-order valence-corrected chi connectivity index (χ3v) is 6.29. The number of halogens is 1. The number of hydrogen-bond acceptors (Lipinski definition) is 5. The van der Waals surface area contributed by atoms with Gasteiger partial charge in [0.15, 0.2) is 0 Å². The topological polar surface area (TPSA) is 98.5 Å². The van der Waals surface area contributed by atoms with Crippen LogP contribution in [0.15, 0.2) is 27.6 Å². The predicted molar refractivity (Wildman–Crippen MR) is 88.2 cm³/mol. The number of carbonyl (C=O) groups is 1. The summed E-state index contributed by atoms with van der Waals surface area (Å²) in [5.41, 5.74) is 5.32. The summed E-state index contributed by atoms with van der Waals surface area (Å²) in [5, 5.41) is 0. The molecule has 0 unspecified atom stereocenters. The molecule has 0 aliphatic carbocycles. The Bertz CT molecular complexity index is 634. The van der Waals surface area contributed by atoms with Gasteiger partial charge < -0.3 is 10.5 Å². The van der Waals surface area contributed by atoms with Crippen LogP contribution in [0.2, 0.25) is 0 Å². The Hall–Kier alpha value is -0.960. The lowest BCUT2D eigenvalue weighted by Crippen LogP contribution is -2.52. The first-order valence-electron chi connectivity index (χ1n) is 6.87. The van der Waals surface area contributed by atoms with Gasteiger partial charge in [0.25, 0.3) is 0 Å². The van der Waals surface area contributed by atoms with Crippen molar-refractivity contribution in [1.29, 1.82) is 0 Å². The predicted octanol–water partition coefficient (Wildman–Crippen LogP) is 2.03. The van der Waals surface area contributed by atoms with Gasteiger partial charge in [-0.05, 0) is 47.0 Å². The van der Waals surface area contributed by atoms with Crippen molar-refractivity contribution in [3.05, 3.63) is 28.2 Å². The fourth-order valence-electron chi connectivity index (χ4n) is 2.03. The van der Waals surface area contributed by atoms with Gasteiger partial charge in [0.1, 0.15) is 0 Å². The highest BCUT2D eigenvalue weighted by atomic mass is 79.9. The molecule has 0 aromatic heterocycles. The molecule has 6 nitrogen and oxygen atoms in total. The molecular weight excluding hydrogens is 372 g/mol. The number of hydrogen-bond donors (Lipinski definition) is 2. The van der Waals surface area contributed by atoms with Crippen LogP contribution in [-0.4, -0.2) is 33.6 Å². The van der Waals surface area contributed by atoms with Gasteiger partial charge in [-0.1, -0.05) is 13.8 Å². The first-order chi connectivity index (χ1) is 10.2. The molecule has 1 aromatic rings. The third kappa shape index (κ3) is 4.07. The van der Waals surface area contributed by atoms with Crippen LogP contribution in [-0.2, 0) is 14.8 Å². The van der Waals surface area contributed by atoms with Crippen molar-refractivity contribution >= 4 is 31.9 Å². The molecule has 1 rings (SSSR count). The van der Waals surface area contributed by atoms with Crippen LogP contribution in [0, 0.1) is 0 Å². The highest BCUT2D eigenvalue weighted by Gasteiger charge is 2.31. The van der Waals surface area contributed by atoms with Gasteiger partial charge in [0.2, 0.25) is 10.0 Å². The number of nitrogens with two attached hydrogens (primary N) is 1. The Morgan fingerprint density at radius 1 is 1.36 bits per heavy atom. The molecule has 3 N–H and O–H groups in total. The fraction of sp³-hybridized carbons (Fsp3) is 0.500. The molecule has 1 aromatic carbocycles. The Morgan fingerprint density at radius 3 is 2.36 bits per heavy atom. The first kappa shape index (κ1) is 19.1. The van der Waals surface area contributed by atoms with Crippen LogP contribution in [0.5, 0.6) is 0 Å². The van der Waals surface area contributed by atoms with E-state index in [1.807, 2.05) is 13.8 Å². The van der Waals surface area contributed by atoms with Crippen molar-refractivity contribution in [3.63, 3.8) is 0 Å². The number of benzene rings is 1. The largest absolute Gasteiger partial charge is 0.465 e. The van der Waals surface area contributed by atoms with Crippen molar-refractivity contribution in [2.75, 3.05) is 13.7 Å². The van der Waals surface area contributed by atoms with Gasteiger partial charge in [-0.15, -0.1) is 0 Å². The summed E-state index contributed by atoms with van der Waals surface area (Å²) in [6.07, 6.45) is 1.16. The van der Waals surface area contributed by atoms with Crippen molar-refractivity contribution in [2.24, 2.45) is 5.73 Å². The highest BCUT2D eigenvalue weighted by Crippen LogP contribution is 2.26. The Morgan fingerprint density at radius 2 is 1.95 bits per heavy atom. The number of ether oxygens (including phenoxy) is 1. The van der Waals surface area contributed by atoms with Crippen LogP contribution >= 0.6 is 15.9 Å². The molecule has 0 amide bonds. The monoisotopic (exact) mass is 392 g/mol. The summed E-state index contributed by atoms with van der Waals surface area (Å²) in [4.78, 5) is 11.5. The van der Waals surface area contributed by atoms with E-state index in [0.29, 0.717) is 17.3 Å². The average Bonchev–Trinajstić information content (AvgIpc) is 2.51. The molecule has 0 saturated heterocycles. The molecule has 0 aliphatic rings.